The molecule has 2 atom stereocenters. The van der Waals surface area contributed by atoms with Crippen LogP contribution in [0.4, 0.5) is 0 Å². The Morgan fingerprint density at radius 3 is 2.72 bits per heavy atom. The number of hydrogen-bond acceptors (Lipinski definition) is 5. The molecule has 1 amide bonds. The van der Waals surface area contributed by atoms with Gasteiger partial charge in [-0.15, -0.1) is 29.9 Å². The van der Waals surface area contributed by atoms with Gasteiger partial charge in [0.15, 0.2) is 5.69 Å². The Morgan fingerprint density at radius 1 is 1.21 bits per heavy atom. The van der Waals surface area contributed by atoms with Gasteiger partial charge in [-0.3, -0.25) is 9.78 Å². The second kappa shape index (κ2) is 9.52. The van der Waals surface area contributed by atoms with Gasteiger partial charge in [-0.2, -0.15) is 0 Å². The van der Waals surface area contributed by atoms with Crippen LogP contribution in [0.25, 0.3) is 16.6 Å². The predicted octanol–water partition coefficient (Wildman–Crippen LogP) is 3.31. The average Bonchev–Trinajstić information content (AvgIpc) is 3.08. The molecule has 29 heavy (non-hydrogen) atoms. The first-order valence-corrected chi connectivity index (χ1v) is 9.41. The van der Waals surface area contributed by atoms with Crippen LogP contribution in [0.15, 0.2) is 36.5 Å². The number of pyridine rings is 1. The van der Waals surface area contributed by atoms with Crippen molar-refractivity contribution in [2.24, 2.45) is 5.73 Å². The van der Waals surface area contributed by atoms with Crippen LogP contribution in [0.1, 0.15) is 42.4 Å². The van der Waals surface area contributed by atoms with Crippen LogP contribution in [0.5, 0.6) is 0 Å². The average molecular weight is 437 g/mol. The fourth-order valence-corrected chi connectivity index (χ4v) is 3.91. The molecule has 9 heteroatoms. The predicted molar refractivity (Wildman–Crippen MR) is 118 cm³/mol. The monoisotopic (exact) mass is 436 g/mol. The van der Waals surface area contributed by atoms with Crippen molar-refractivity contribution in [2.45, 2.75) is 45.2 Å². The number of piperidine rings is 1. The SMILES string of the molecule is Cc1c(C(=O)N2CCCCC2C(C)N)nnn1-c1cccc2cccnc12.Cl.Cl. The van der Waals surface area contributed by atoms with Gasteiger partial charge in [0.25, 0.3) is 5.91 Å². The number of carbonyl (C=O) groups excluding carboxylic acids is 1. The molecule has 2 N–H and O–H groups in total. The van der Waals surface area contributed by atoms with E-state index < -0.39 is 0 Å². The molecule has 3 aromatic rings. The summed E-state index contributed by atoms with van der Waals surface area (Å²) in [5, 5.41) is 9.51. The number of nitrogens with two attached hydrogens (primary N) is 1. The van der Waals surface area contributed by atoms with E-state index in [-0.39, 0.29) is 42.8 Å². The number of hydrogen-bond donors (Lipinski definition) is 1. The maximum Gasteiger partial charge on any atom is 0.276 e. The maximum atomic E-state index is 13.2. The van der Waals surface area contributed by atoms with Gasteiger partial charge < -0.3 is 10.6 Å². The van der Waals surface area contributed by atoms with Crippen molar-refractivity contribution >= 4 is 41.6 Å². The van der Waals surface area contributed by atoms with Gasteiger partial charge in [-0.25, -0.2) is 4.68 Å². The number of aromatic nitrogens is 4. The molecule has 1 fully saturated rings. The molecule has 0 bridgehead atoms. The molecular weight excluding hydrogens is 411 g/mol. The van der Waals surface area contributed by atoms with Gasteiger partial charge in [-0.1, -0.05) is 23.4 Å². The summed E-state index contributed by atoms with van der Waals surface area (Å²) in [4.78, 5) is 19.5. The molecule has 2 aromatic heterocycles. The lowest BCUT2D eigenvalue weighted by Gasteiger charge is -2.37. The first-order chi connectivity index (χ1) is 13.1. The van der Waals surface area contributed by atoms with E-state index in [4.69, 9.17) is 5.73 Å². The summed E-state index contributed by atoms with van der Waals surface area (Å²) in [5.41, 5.74) is 8.88. The molecule has 3 heterocycles. The molecule has 4 rings (SSSR count). The number of benzene rings is 1. The lowest BCUT2D eigenvalue weighted by molar-refractivity contribution is 0.0577. The Kier molecular flexibility index (Phi) is 7.57. The van der Waals surface area contributed by atoms with Crippen molar-refractivity contribution in [3.05, 3.63) is 47.9 Å². The highest BCUT2D eigenvalue weighted by Gasteiger charge is 2.32. The van der Waals surface area contributed by atoms with E-state index in [9.17, 15) is 4.79 Å². The molecule has 1 aromatic carbocycles. The van der Waals surface area contributed by atoms with Crippen LogP contribution in [0, 0.1) is 6.92 Å². The largest absolute Gasteiger partial charge is 0.333 e. The van der Waals surface area contributed by atoms with E-state index in [1.54, 1.807) is 10.9 Å². The molecule has 0 radical (unpaired) electrons. The number of amides is 1. The Morgan fingerprint density at radius 2 is 1.97 bits per heavy atom. The van der Waals surface area contributed by atoms with E-state index in [0.29, 0.717) is 17.9 Å². The smallest absolute Gasteiger partial charge is 0.276 e. The lowest BCUT2D eigenvalue weighted by Crippen LogP contribution is -2.51. The minimum atomic E-state index is -0.0889. The summed E-state index contributed by atoms with van der Waals surface area (Å²) in [7, 11) is 0. The van der Waals surface area contributed by atoms with Gasteiger partial charge in [-0.05, 0) is 45.2 Å². The van der Waals surface area contributed by atoms with Crippen molar-refractivity contribution in [1.29, 1.82) is 0 Å². The quantitative estimate of drug-likeness (QED) is 0.679. The number of carbonyl (C=O) groups is 1. The fourth-order valence-electron chi connectivity index (χ4n) is 3.91. The summed E-state index contributed by atoms with van der Waals surface area (Å²) < 4.78 is 1.70. The van der Waals surface area contributed by atoms with Crippen LogP contribution in [-0.4, -0.2) is 49.4 Å². The highest BCUT2D eigenvalue weighted by molar-refractivity contribution is 5.94. The number of fused-ring (bicyclic) bond motifs is 1. The van der Waals surface area contributed by atoms with Crippen molar-refractivity contribution in [3.8, 4) is 5.69 Å². The zero-order valence-electron chi connectivity index (χ0n) is 16.5. The molecular formula is C20H26Cl2N6O. The molecule has 1 saturated heterocycles. The van der Waals surface area contributed by atoms with Gasteiger partial charge in [0, 0.05) is 30.2 Å². The molecule has 0 spiro atoms. The molecule has 1 aliphatic heterocycles. The van der Waals surface area contributed by atoms with E-state index in [2.05, 4.69) is 15.3 Å². The number of para-hydroxylation sites is 1. The Labute approximate surface area is 182 Å². The number of rotatable bonds is 3. The highest BCUT2D eigenvalue weighted by Crippen LogP contribution is 2.24. The minimum Gasteiger partial charge on any atom is -0.333 e. The molecule has 0 saturated carbocycles. The lowest BCUT2D eigenvalue weighted by atomic mass is 9.96. The molecule has 156 valence electrons. The standard InChI is InChI=1S/C20H24N6O.2ClH/c1-13(21)16-9-3-4-12-25(16)20(27)18-14(2)26(24-23-18)17-10-5-7-15-8-6-11-22-19(15)17;;/h5-8,10-11,13,16H,3-4,9,12,21H2,1-2H3;2*1H. The van der Waals surface area contributed by atoms with Crippen LogP contribution in [0.3, 0.4) is 0 Å². The van der Waals surface area contributed by atoms with Crippen LogP contribution in [-0.2, 0) is 0 Å². The van der Waals surface area contributed by atoms with Crippen molar-refractivity contribution in [1.82, 2.24) is 24.9 Å². The summed E-state index contributed by atoms with van der Waals surface area (Å²) in [6, 6.07) is 9.80. The van der Waals surface area contributed by atoms with Gasteiger partial charge >= 0.3 is 0 Å². The second-order valence-electron chi connectivity index (χ2n) is 7.21. The first-order valence-electron chi connectivity index (χ1n) is 9.41. The summed E-state index contributed by atoms with van der Waals surface area (Å²) in [5.74, 6) is -0.0889. The van der Waals surface area contributed by atoms with Crippen LogP contribution in [0.2, 0.25) is 0 Å². The maximum absolute atomic E-state index is 13.2. The Hall–Kier alpha value is -2.22. The fraction of sp³-hybridized carbons (Fsp3) is 0.400. The third kappa shape index (κ3) is 4.22. The zero-order chi connectivity index (χ0) is 19.0. The summed E-state index contributed by atoms with van der Waals surface area (Å²) in [6.07, 6.45) is 4.79. The van der Waals surface area contributed by atoms with E-state index in [1.165, 1.54) is 0 Å². The number of nitrogens with zero attached hydrogens (tertiary/aromatic N) is 5. The summed E-state index contributed by atoms with van der Waals surface area (Å²) in [6.45, 7) is 4.55. The molecule has 7 nitrogen and oxygen atoms in total. The Bertz CT molecular complexity index is 985. The van der Waals surface area contributed by atoms with Crippen molar-refractivity contribution < 1.29 is 4.79 Å². The number of likely N-dealkylation sites (tertiary alicyclic amines) is 1. The van der Waals surface area contributed by atoms with E-state index >= 15 is 0 Å². The second-order valence-corrected chi connectivity index (χ2v) is 7.21. The molecule has 2 unspecified atom stereocenters. The normalized spacial score (nSPS) is 17.3. The molecule has 0 aliphatic carbocycles. The first kappa shape index (κ1) is 23.1. The Balaban J connectivity index is 0.00000150. The van der Waals surface area contributed by atoms with Gasteiger partial charge in [0.1, 0.15) is 0 Å². The topological polar surface area (TPSA) is 89.9 Å². The van der Waals surface area contributed by atoms with Crippen molar-refractivity contribution in [2.75, 3.05) is 6.54 Å². The van der Waals surface area contributed by atoms with Crippen LogP contribution >= 0.6 is 24.8 Å². The highest BCUT2D eigenvalue weighted by atomic mass is 35.5. The van der Waals surface area contributed by atoms with Crippen LogP contribution < -0.4 is 5.73 Å². The zero-order valence-corrected chi connectivity index (χ0v) is 18.1. The third-order valence-electron chi connectivity index (χ3n) is 5.35. The third-order valence-corrected chi connectivity index (χ3v) is 5.35. The van der Waals surface area contributed by atoms with Gasteiger partial charge in [0.2, 0.25) is 0 Å². The van der Waals surface area contributed by atoms with Crippen molar-refractivity contribution in [3.63, 3.8) is 0 Å². The van der Waals surface area contributed by atoms with E-state index in [0.717, 1.165) is 35.9 Å². The summed E-state index contributed by atoms with van der Waals surface area (Å²) >= 11 is 0. The van der Waals surface area contributed by atoms with E-state index in [1.807, 2.05) is 49.1 Å². The molecule has 1 aliphatic rings. The number of halogens is 2. The minimum absolute atomic E-state index is 0. The van der Waals surface area contributed by atoms with Gasteiger partial charge in [0.05, 0.1) is 16.9 Å².